The first-order chi connectivity index (χ1) is 13.9. The number of benzene rings is 2. The molecule has 8 heteroatoms. The number of aromatic nitrogens is 1. The van der Waals surface area contributed by atoms with Crippen molar-refractivity contribution in [1.82, 2.24) is 4.68 Å². The zero-order valence-corrected chi connectivity index (χ0v) is 15.8. The number of ether oxygens (including phenoxy) is 2. The highest BCUT2D eigenvalue weighted by molar-refractivity contribution is 5.92. The Morgan fingerprint density at radius 3 is 2.59 bits per heavy atom. The molecule has 0 fully saturated rings. The van der Waals surface area contributed by atoms with Gasteiger partial charge in [0.2, 0.25) is 0 Å². The summed E-state index contributed by atoms with van der Waals surface area (Å²) >= 11 is 0. The van der Waals surface area contributed by atoms with Gasteiger partial charge >= 0.3 is 5.97 Å². The third kappa shape index (κ3) is 4.49. The number of halogens is 1. The predicted octanol–water partition coefficient (Wildman–Crippen LogP) is 2.99. The Bertz CT molecular complexity index is 1150. The Hall–Kier alpha value is -3.94. The number of pyridine rings is 1. The molecule has 148 valence electrons. The second-order valence-corrected chi connectivity index (χ2v) is 6.13. The minimum absolute atomic E-state index is 0.116. The van der Waals surface area contributed by atoms with Crippen LogP contribution in [0, 0.1) is 12.7 Å². The van der Waals surface area contributed by atoms with Gasteiger partial charge < -0.3 is 15.2 Å². The normalized spacial score (nSPS) is 10.9. The van der Waals surface area contributed by atoms with Crippen LogP contribution in [0.5, 0.6) is 11.5 Å². The van der Waals surface area contributed by atoms with Crippen molar-refractivity contribution >= 4 is 18.0 Å². The Kier molecular flexibility index (Phi) is 5.73. The summed E-state index contributed by atoms with van der Waals surface area (Å²) in [4.78, 5) is 24.2. The first-order valence-electron chi connectivity index (χ1n) is 8.57. The molecule has 0 aliphatic heterocycles. The highest BCUT2D eigenvalue weighted by atomic mass is 19.1. The molecule has 0 atom stereocenters. The lowest BCUT2D eigenvalue weighted by Crippen LogP contribution is -2.19. The third-order valence-electron chi connectivity index (χ3n) is 3.99. The summed E-state index contributed by atoms with van der Waals surface area (Å²) in [5.41, 5.74) is 6.59. The van der Waals surface area contributed by atoms with Crippen molar-refractivity contribution in [3.8, 4) is 11.5 Å². The highest BCUT2D eigenvalue weighted by Gasteiger charge is 2.16. The van der Waals surface area contributed by atoms with E-state index in [2.05, 4.69) is 5.10 Å². The lowest BCUT2D eigenvalue weighted by atomic mass is 10.2. The van der Waals surface area contributed by atoms with Gasteiger partial charge in [-0.05, 0) is 54.4 Å². The van der Waals surface area contributed by atoms with Crippen molar-refractivity contribution in [2.24, 2.45) is 5.10 Å². The molecule has 0 aliphatic carbocycles. The minimum Gasteiger partial charge on any atom is -0.493 e. The number of rotatable bonds is 5. The second-order valence-electron chi connectivity index (χ2n) is 6.13. The van der Waals surface area contributed by atoms with Gasteiger partial charge in [-0.1, -0.05) is 12.1 Å². The van der Waals surface area contributed by atoms with E-state index < -0.39 is 11.8 Å². The van der Waals surface area contributed by atoms with Gasteiger partial charge in [0.05, 0.1) is 18.9 Å². The van der Waals surface area contributed by atoms with Crippen LogP contribution in [0.15, 0.2) is 64.5 Å². The number of nitrogens with zero attached hydrogens (tertiary/aromatic N) is 2. The fourth-order valence-corrected chi connectivity index (χ4v) is 2.60. The summed E-state index contributed by atoms with van der Waals surface area (Å²) in [6.07, 6.45) is 1.41. The molecule has 0 saturated carbocycles. The van der Waals surface area contributed by atoms with E-state index in [1.54, 1.807) is 25.1 Å². The molecule has 0 aliphatic rings. The van der Waals surface area contributed by atoms with Crippen LogP contribution in [0.3, 0.4) is 0 Å². The Balaban J connectivity index is 1.85. The summed E-state index contributed by atoms with van der Waals surface area (Å²) < 4.78 is 25.3. The zero-order valence-electron chi connectivity index (χ0n) is 15.8. The van der Waals surface area contributed by atoms with E-state index in [0.717, 1.165) is 10.2 Å². The van der Waals surface area contributed by atoms with Gasteiger partial charge in [0.25, 0.3) is 5.56 Å². The number of esters is 1. The van der Waals surface area contributed by atoms with Gasteiger partial charge in [-0.2, -0.15) is 9.78 Å². The van der Waals surface area contributed by atoms with Crippen LogP contribution in [-0.4, -0.2) is 24.0 Å². The number of anilines is 1. The lowest BCUT2D eigenvalue weighted by Gasteiger charge is -2.10. The Morgan fingerprint density at radius 1 is 1.14 bits per heavy atom. The van der Waals surface area contributed by atoms with E-state index in [4.69, 9.17) is 15.2 Å². The number of aryl methyl sites for hydroxylation is 1. The first kappa shape index (κ1) is 19.8. The van der Waals surface area contributed by atoms with Crippen molar-refractivity contribution in [3.63, 3.8) is 0 Å². The first-order valence-corrected chi connectivity index (χ1v) is 8.57. The SMILES string of the molecule is COc1cc(C=Nn2c(N)cc(C)cc2=O)ccc1OC(=O)c1ccccc1F. The number of hydrogen-bond donors (Lipinski definition) is 1. The van der Waals surface area contributed by atoms with Gasteiger partial charge in [-0.3, -0.25) is 4.79 Å². The van der Waals surface area contributed by atoms with E-state index in [1.165, 1.54) is 49.7 Å². The number of hydrogen-bond acceptors (Lipinski definition) is 6. The minimum atomic E-state index is -0.846. The molecule has 0 saturated heterocycles. The summed E-state index contributed by atoms with van der Waals surface area (Å²) in [5, 5.41) is 4.08. The van der Waals surface area contributed by atoms with Crippen LogP contribution in [0.1, 0.15) is 21.5 Å². The molecule has 1 aromatic heterocycles. The van der Waals surface area contributed by atoms with Crippen molar-refractivity contribution in [2.45, 2.75) is 6.92 Å². The van der Waals surface area contributed by atoms with E-state index in [0.29, 0.717) is 5.56 Å². The van der Waals surface area contributed by atoms with Gasteiger partial charge in [-0.15, -0.1) is 0 Å². The molecular weight excluding hydrogens is 377 g/mol. The summed E-state index contributed by atoms with van der Waals surface area (Å²) in [6, 6.07) is 13.2. The number of carbonyl (C=O) groups excluding carboxylic acids is 1. The van der Waals surface area contributed by atoms with Gasteiger partial charge in [0.15, 0.2) is 11.5 Å². The predicted molar refractivity (Wildman–Crippen MR) is 107 cm³/mol. The topological polar surface area (TPSA) is 95.9 Å². The molecule has 7 nitrogen and oxygen atoms in total. The maximum absolute atomic E-state index is 13.8. The number of nitrogen functional groups attached to an aromatic ring is 1. The third-order valence-corrected chi connectivity index (χ3v) is 3.99. The second kappa shape index (κ2) is 8.39. The smallest absolute Gasteiger partial charge is 0.346 e. The molecule has 0 bridgehead atoms. The molecule has 2 N–H and O–H groups in total. The van der Waals surface area contributed by atoms with Crippen LogP contribution in [0.2, 0.25) is 0 Å². The van der Waals surface area contributed by atoms with Crippen molar-refractivity contribution in [3.05, 3.63) is 87.5 Å². The molecule has 0 amide bonds. The number of carbonyl (C=O) groups is 1. The molecule has 2 aromatic carbocycles. The molecule has 0 unspecified atom stereocenters. The molecule has 3 aromatic rings. The van der Waals surface area contributed by atoms with Crippen molar-refractivity contribution < 1.29 is 18.7 Å². The molecule has 3 rings (SSSR count). The number of nitrogens with two attached hydrogens (primary N) is 1. The van der Waals surface area contributed by atoms with Crippen LogP contribution < -0.4 is 20.8 Å². The largest absolute Gasteiger partial charge is 0.493 e. The number of methoxy groups -OCH3 is 1. The van der Waals surface area contributed by atoms with E-state index in [-0.39, 0.29) is 28.4 Å². The summed E-state index contributed by atoms with van der Waals surface area (Å²) in [7, 11) is 1.40. The lowest BCUT2D eigenvalue weighted by molar-refractivity contribution is 0.0725. The van der Waals surface area contributed by atoms with Crippen LogP contribution in [0.25, 0.3) is 0 Å². The van der Waals surface area contributed by atoms with Crippen LogP contribution in [0.4, 0.5) is 10.2 Å². The molecular formula is C21H18FN3O4. The van der Waals surface area contributed by atoms with Crippen molar-refractivity contribution in [2.75, 3.05) is 12.8 Å². The van der Waals surface area contributed by atoms with Gasteiger partial charge in [0.1, 0.15) is 11.6 Å². The quantitative estimate of drug-likeness (QED) is 0.407. The maximum Gasteiger partial charge on any atom is 0.346 e. The van der Waals surface area contributed by atoms with Crippen LogP contribution in [-0.2, 0) is 0 Å². The Morgan fingerprint density at radius 2 is 1.90 bits per heavy atom. The molecule has 1 heterocycles. The highest BCUT2D eigenvalue weighted by Crippen LogP contribution is 2.28. The van der Waals surface area contributed by atoms with E-state index >= 15 is 0 Å². The molecule has 0 spiro atoms. The van der Waals surface area contributed by atoms with Gasteiger partial charge in [0, 0.05) is 6.07 Å². The van der Waals surface area contributed by atoms with E-state index in [9.17, 15) is 14.0 Å². The fraction of sp³-hybridized carbons (Fsp3) is 0.0952. The van der Waals surface area contributed by atoms with Crippen LogP contribution >= 0.6 is 0 Å². The molecule has 29 heavy (non-hydrogen) atoms. The fourth-order valence-electron chi connectivity index (χ4n) is 2.60. The van der Waals surface area contributed by atoms with Gasteiger partial charge in [-0.25, -0.2) is 9.18 Å². The van der Waals surface area contributed by atoms with Crippen molar-refractivity contribution in [1.29, 1.82) is 0 Å². The summed E-state index contributed by atoms with van der Waals surface area (Å²) in [6.45, 7) is 1.76. The summed E-state index contributed by atoms with van der Waals surface area (Å²) in [5.74, 6) is -0.968. The standard InChI is InChI=1S/C21H18FN3O4/c1-13-9-19(23)25(20(26)10-13)24-12-14-7-8-17(18(11-14)28-2)29-21(27)15-5-3-4-6-16(15)22/h3-12H,23H2,1-2H3. The van der Waals surface area contributed by atoms with E-state index in [1.807, 2.05) is 0 Å². The average molecular weight is 395 g/mol. The maximum atomic E-state index is 13.8. The zero-order chi connectivity index (χ0) is 21.0. The average Bonchev–Trinajstić information content (AvgIpc) is 2.68. The molecule has 0 radical (unpaired) electrons. The monoisotopic (exact) mass is 395 g/mol. The Labute approximate surface area is 165 Å².